The highest BCUT2D eigenvalue weighted by molar-refractivity contribution is 6.12. The summed E-state index contributed by atoms with van der Waals surface area (Å²) in [7, 11) is 0. The number of furan rings is 1. The van der Waals surface area contributed by atoms with Crippen LogP contribution < -0.4 is 4.90 Å². The Balaban J connectivity index is 1.06. The van der Waals surface area contributed by atoms with Crippen molar-refractivity contribution in [3.8, 4) is 33.4 Å². The van der Waals surface area contributed by atoms with Crippen LogP contribution in [0.15, 0.2) is 205 Å². The Morgan fingerprint density at radius 1 is 0.364 bits per heavy atom. The number of fused-ring (bicyclic) bond motifs is 10. The number of rotatable bonds is 5. The monoisotopic (exact) mass is 699 g/mol. The van der Waals surface area contributed by atoms with Crippen molar-refractivity contribution in [3.63, 3.8) is 0 Å². The van der Waals surface area contributed by atoms with E-state index in [1.54, 1.807) is 0 Å². The molecular formula is C53H33NO. The maximum atomic E-state index is 6.27. The molecule has 0 atom stereocenters. The Labute approximate surface area is 319 Å². The van der Waals surface area contributed by atoms with Gasteiger partial charge in [-0.2, -0.15) is 0 Å². The van der Waals surface area contributed by atoms with Crippen LogP contribution >= 0.6 is 0 Å². The van der Waals surface area contributed by atoms with Gasteiger partial charge >= 0.3 is 0 Å². The standard InChI is InChI=1S/C53H33NO/c1-2-12-34(13-3-1)35-26-30-38(31-27-35)54(39-32-28-36(29-33-39)40-18-10-25-49-51(40)42-17-5-7-24-48(42)55-49)47-23-11-22-46-52(47)41-16-4-6-19-43(41)53(46)44-20-8-14-37-15-9-21-45(53)50(37)44/h1-33H. The molecule has 2 nitrogen and oxygen atoms in total. The molecule has 2 aliphatic rings. The largest absolute Gasteiger partial charge is 0.456 e. The van der Waals surface area contributed by atoms with E-state index in [1.165, 1.54) is 66.5 Å². The molecule has 0 aliphatic heterocycles. The van der Waals surface area contributed by atoms with Gasteiger partial charge in [0.25, 0.3) is 0 Å². The van der Waals surface area contributed by atoms with Crippen LogP contribution in [0, 0.1) is 0 Å². The van der Waals surface area contributed by atoms with Gasteiger partial charge in [0.05, 0.1) is 11.1 Å². The maximum Gasteiger partial charge on any atom is 0.136 e. The number of nitrogens with zero attached hydrogens (tertiary/aromatic N) is 1. The van der Waals surface area contributed by atoms with E-state index in [0.29, 0.717) is 0 Å². The second-order valence-corrected chi connectivity index (χ2v) is 14.8. The Morgan fingerprint density at radius 3 is 1.71 bits per heavy atom. The number of anilines is 3. The summed E-state index contributed by atoms with van der Waals surface area (Å²) in [4.78, 5) is 2.45. The fourth-order valence-electron chi connectivity index (χ4n) is 9.79. The number of hydrogen-bond acceptors (Lipinski definition) is 2. The Kier molecular flexibility index (Phi) is 6.29. The molecule has 0 saturated carbocycles. The highest BCUT2D eigenvalue weighted by Gasteiger charge is 2.53. The Bertz CT molecular complexity index is 3100. The van der Waals surface area contributed by atoms with Gasteiger partial charge in [-0.3, -0.25) is 0 Å². The van der Waals surface area contributed by atoms with Crippen LogP contribution in [0.5, 0.6) is 0 Å². The average Bonchev–Trinajstić information content (AvgIpc) is 3.80. The average molecular weight is 700 g/mol. The molecule has 0 bridgehead atoms. The molecule has 1 aromatic heterocycles. The Morgan fingerprint density at radius 2 is 0.927 bits per heavy atom. The molecule has 55 heavy (non-hydrogen) atoms. The van der Waals surface area contributed by atoms with Gasteiger partial charge in [0.1, 0.15) is 11.2 Å². The van der Waals surface area contributed by atoms with E-state index >= 15 is 0 Å². The predicted octanol–water partition coefficient (Wildman–Crippen LogP) is 14.2. The zero-order chi connectivity index (χ0) is 36.1. The molecule has 0 fully saturated rings. The summed E-state index contributed by atoms with van der Waals surface area (Å²) >= 11 is 0. The number of benzene rings is 9. The molecule has 1 heterocycles. The molecule has 256 valence electrons. The highest BCUT2D eigenvalue weighted by Crippen LogP contribution is 2.65. The van der Waals surface area contributed by atoms with Crippen LogP contribution in [0.4, 0.5) is 17.1 Å². The lowest BCUT2D eigenvalue weighted by atomic mass is 9.58. The molecule has 0 amide bonds. The van der Waals surface area contributed by atoms with Crippen molar-refractivity contribution in [2.45, 2.75) is 5.41 Å². The summed E-state index contributed by atoms with van der Waals surface area (Å²) in [5.41, 5.74) is 17.7. The van der Waals surface area contributed by atoms with Crippen LogP contribution in [-0.4, -0.2) is 0 Å². The minimum Gasteiger partial charge on any atom is -0.456 e. The van der Waals surface area contributed by atoms with Crippen molar-refractivity contribution in [3.05, 3.63) is 222 Å². The molecule has 10 aromatic rings. The first-order valence-corrected chi connectivity index (χ1v) is 19.0. The molecule has 0 N–H and O–H groups in total. The molecular weight excluding hydrogens is 667 g/mol. The van der Waals surface area contributed by atoms with Crippen LogP contribution in [-0.2, 0) is 5.41 Å². The molecule has 9 aromatic carbocycles. The van der Waals surface area contributed by atoms with E-state index in [0.717, 1.165) is 38.9 Å². The van der Waals surface area contributed by atoms with Crippen molar-refractivity contribution in [1.29, 1.82) is 0 Å². The fourth-order valence-corrected chi connectivity index (χ4v) is 9.79. The minimum atomic E-state index is -0.309. The van der Waals surface area contributed by atoms with Crippen LogP contribution in [0.2, 0.25) is 0 Å². The van der Waals surface area contributed by atoms with E-state index in [1.807, 2.05) is 12.1 Å². The summed E-state index contributed by atoms with van der Waals surface area (Å²) < 4.78 is 6.27. The third-order valence-electron chi connectivity index (χ3n) is 12.1. The normalized spacial score (nSPS) is 13.2. The van der Waals surface area contributed by atoms with Gasteiger partial charge in [-0.15, -0.1) is 0 Å². The SMILES string of the molecule is c1ccc(-c2ccc(N(c3ccc(-c4cccc5oc6ccccc6c45)cc3)c3cccc4c3-c3ccccc3C43c4cccc5cccc3c45)cc2)cc1. The summed E-state index contributed by atoms with van der Waals surface area (Å²) in [6.45, 7) is 0. The molecule has 2 aliphatic carbocycles. The molecule has 2 heteroatoms. The van der Waals surface area contributed by atoms with Gasteiger partial charge in [0.2, 0.25) is 0 Å². The second-order valence-electron chi connectivity index (χ2n) is 14.8. The predicted molar refractivity (Wildman–Crippen MR) is 228 cm³/mol. The topological polar surface area (TPSA) is 16.4 Å². The van der Waals surface area contributed by atoms with Crippen molar-refractivity contribution in [1.82, 2.24) is 0 Å². The van der Waals surface area contributed by atoms with Gasteiger partial charge < -0.3 is 9.32 Å². The van der Waals surface area contributed by atoms with Crippen molar-refractivity contribution in [2.24, 2.45) is 0 Å². The van der Waals surface area contributed by atoms with Gasteiger partial charge in [-0.1, -0.05) is 158 Å². The first-order chi connectivity index (χ1) is 27.3. The molecule has 1 spiro atoms. The second kappa shape index (κ2) is 11.4. The maximum absolute atomic E-state index is 6.27. The molecule has 0 radical (unpaired) electrons. The van der Waals surface area contributed by atoms with E-state index in [-0.39, 0.29) is 5.41 Å². The van der Waals surface area contributed by atoms with Crippen molar-refractivity contribution >= 4 is 49.8 Å². The van der Waals surface area contributed by atoms with Crippen molar-refractivity contribution < 1.29 is 4.42 Å². The fraction of sp³-hybridized carbons (Fsp3) is 0.0189. The lowest BCUT2D eigenvalue weighted by Crippen LogP contribution is -2.36. The Hall–Kier alpha value is -7.16. The zero-order valence-electron chi connectivity index (χ0n) is 29.9. The number of hydrogen-bond donors (Lipinski definition) is 0. The molecule has 12 rings (SSSR count). The third-order valence-corrected chi connectivity index (χ3v) is 12.1. The summed E-state index contributed by atoms with van der Waals surface area (Å²) in [6, 6.07) is 73.0. The van der Waals surface area contributed by atoms with Gasteiger partial charge in [-0.25, -0.2) is 0 Å². The van der Waals surface area contributed by atoms with E-state index in [2.05, 4.69) is 193 Å². The van der Waals surface area contributed by atoms with Crippen LogP contribution in [0.3, 0.4) is 0 Å². The van der Waals surface area contributed by atoms with E-state index in [4.69, 9.17) is 4.42 Å². The highest BCUT2D eigenvalue weighted by atomic mass is 16.3. The van der Waals surface area contributed by atoms with Gasteiger partial charge in [0.15, 0.2) is 0 Å². The quantitative estimate of drug-likeness (QED) is 0.178. The minimum absolute atomic E-state index is 0.309. The lowest BCUT2D eigenvalue weighted by molar-refractivity contribution is 0.669. The summed E-state index contributed by atoms with van der Waals surface area (Å²) in [5.74, 6) is 0. The van der Waals surface area contributed by atoms with Gasteiger partial charge in [-0.05, 0) is 103 Å². The van der Waals surface area contributed by atoms with Crippen LogP contribution in [0.25, 0.3) is 66.1 Å². The van der Waals surface area contributed by atoms with Crippen LogP contribution in [0.1, 0.15) is 22.3 Å². The number of para-hydroxylation sites is 1. The zero-order valence-corrected chi connectivity index (χ0v) is 29.9. The lowest BCUT2D eigenvalue weighted by Gasteiger charge is -2.43. The summed E-state index contributed by atoms with van der Waals surface area (Å²) in [6.07, 6.45) is 0. The van der Waals surface area contributed by atoms with Crippen molar-refractivity contribution in [2.75, 3.05) is 4.90 Å². The molecule has 0 unspecified atom stereocenters. The smallest absolute Gasteiger partial charge is 0.136 e. The van der Waals surface area contributed by atoms with E-state index < -0.39 is 0 Å². The summed E-state index contributed by atoms with van der Waals surface area (Å²) in [5, 5.41) is 4.99. The van der Waals surface area contributed by atoms with Gasteiger partial charge in [0, 0.05) is 27.7 Å². The third kappa shape index (κ3) is 4.14. The first-order valence-electron chi connectivity index (χ1n) is 19.0. The first kappa shape index (κ1) is 30.3. The van der Waals surface area contributed by atoms with E-state index in [9.17, 15) is 0 Å². The molecule has 0 saturated heterocycles.